The Morgan fingerprint density at radius 2 is 2.15 bits per heavy atom. The van der Waals surface area contributed by atoms with Crippen LogP contribution in [0.3, 0.4) is 0 Å². The van der Waals surface area contributed by atoms with E-state index in [1.807, 2.05) is 0 Å². The summed E-state index contributed by atoms with van der Waals surface area (Å²) in [5.41, 5.74) is 2.86. The highest BCUT2D eigenvalue weighted by Gasteiger charge is 2.52. The van der Waals surface area contributed by atoms with Crippen LogP contribution in [0.1, 0.15) is 42.9 Å². The van der Waals surface area contributed by atoms with Gasteiger partial charge >= 0.3 is 5.97 Å². The minimum atomic E-state index is -0.601. The quantitative estimate of drug-likeness (QED) is 0.900. The van der Waals surface area contributed by atoms with Crippen molar-refractivity contribution in [3.63, 3.8) is 0 Å². The van der Waals surface area contributed by atoms with Crippen LogP contribution in [-0.2, 0) is 11.2 Å². The molecule has 1 aromatic carbocycles. The van der Waals surface area contributed by atoms with Gasteiger partial charge in [-0.3, -0.25) is 9.69 Å². The molecular formula is C16H18BrNO2. The lowest BCUT2D eigenvalue weighted by atomic mass is 9.89. The molecule has 20 heavy (non-hydrogen) atoms. The molecule has 4 atom stereocenters. The summed E-state index contributed by atoms with van der Waals surface area (Å²) in [6, 6.07) is 7.76. The van der Waals surface area contributed by atoms with Gasteiger partial charge in [-0.25, -0.2) is 0 Å². The van der Waals surface area contributed by atoms with Crippen LogP contribution < -0.4 is 0 Å². The molecule has 4 rings (SSSR count). The Hall–Kier alpha value is -0.870. The molecule has 2 fully saturated rings. The van der Waals surface area contributed by atoms with Gasteiger partial charge in [-0.05, 0) is 55.4 Å². The Kier molecular flexibility index (Phi) is 2.93. The molecule has 2 heterocycles. The molecule has 3 aliphatic rings. The molecule has 0 amide bonds. The molecule has 1 N–H and O–H groups in total. The predicted molar refractivity (Wildman–Crippen MR) is 79.6 cm³/mol. The maximum atomic E-state index is 11.4. The first-order valence-electron chi connectivity index (χ1n) is 7.43. The van der Waals surface area contributed by atoms with Gasteiger partial charge in [-0.1, -0.05) is 22.0 Å². The molecule has 106 valence electrons. The lowest BCUT2D eigenvalue weighted by molar-refractivity contribution is -0.142. The van der Waals surface area contributed by atoms with Crippen LogP contribution >= 0.6 is 15.9 Å². The number of fused-ring (bicyclic) bond motifs is 3. The molecule has 4 heteroatoms. The van der Waals surface area contributed by atoms with Gasteiger partial charge in [0, 0.05) is 22.6 Å². The second-order valence-corrected chi connectivity index (χ2v) is 7.24. The van der Waals surface area contributed by atoms with E-state index in [0.29, 0.717) is 12.1 Å². The Balaban J connectivity index is 1.66. The summed E-state index contributed by atoms with van der Waals surface area (Å²) in [5, 5.41) is 9.39. The third kappa shape index (κ3) is 1.77. The van der Waals surface area contributed by atoms with Crippen molar-refractivity contribution in [1.29, 1.82) is 0 Å². The molecule has 2 saturated heterocycles. The van der Waals surface area contributed by atoms with Crippen molar-refractivity contribution in [2.45, 2.75) is 50.2 Å². The Morgan fingerprint density at radius 3 is 2.90 bits per heavy atom. The molecule has 3 nitrogen and oxygen atoms in total. The van der Waals surface area contributed by atoms with E-state index in [-0.39, 0.29) is 12.0 Å². The monoisotopic (exact) mass is 335 g/mol. The maximum Gasteiger partial charge on any atom is 0.308 e. The molecule has 0 radical (unpaired) electrons. The summed E-state index contributed by atoms with van der Waals surface area (Å²) < 4.78 is 1.14. The van der Waals surface area contributed by atoms with E-state index in [1.165, 1.54) is 17.5 Å². The van der Waals surface area contributed by atoms with E-state index in [1.54, 1.807) is 0 Å². The highest BCUT2D eigenvalue weighted by molar-refractivity contribution is 9.10. The maximum absolute atomic E-state index is 11.4. The summed E-state index contributed by atoms with van der Waals surface area (Å²) in [6.07, 6.45) is 5.35. The Bertz CT molecular complexity index is 574. The number of carboxylic acid groups (broad SMARTS) is 1. The number of nitrogens with zero attached hydrogens (tertiary/aromatic N) is 1. The van der Waals surface area contributed by atoms with Crippen LogP contribution in [0, 0.1) is 5.92 Å². The smallest absolute Gasteiger partial charge is 0.308 e. The summed E-state index contributed by atoms with van der Waals surface area (Å²) in [5.74, 6) is -0.746. The number of hydrogen-bond acceptors (Lipinski definition) is 2. The van der Waals surface area contributed by atoms with Gasteiger partial charge in [-0.2, -0.15) is 0 Å². The molecule has 0 spiro atoms. The summed E-state index contributed by atoms with van der Waals surface area (Å²) in [7, 11) is 0. The zero-order valence-corrected chi connectivity index (χ0v) is 12.8. The summed E-state index contributed by atoms with van der Waals surface area (Å²) in [6.45, 7) is 0. The molecule has 0 aromatic heterocycles. The number of carboxylic acids is 1. The van der Waals surface area contributed by atoms with Gasteiger partial charge in [0.2, 0.25) is 0 Å². The lowest BCUT2D eigenvalue weighted by Gasteiger charge is -2.30. The second kappa shape index (κ2) is 4.57. The SMILES string of the molecule is O=C(O)C1CC2CCC1N2C1CCc2cc(Br)ccc21. The number of hydrogen-bond donors (Lipinski definition) is 1. The van der Waals surface area contributed by atoms with Crippen LogP contribution in [0.4, 0.5) is 0 Å². The van der Waals surface area contributed by atoms with Gasteiger partial charge in [0.1, 0.15) is 0 Å². The van der Waals surface area contributed by atoms with Crippen LogP contribution in [0.15, 0.2) is 22.7 Å². The minimum Gasteiger partial charge on any atom is -0.481 e. The lowest BCUT2D eigenvalue weighted by Crippen LogP contribution is -2.35. The van der Waals surface area contributed by atoms with E-state index < -0.39 is 5.97 Å². The fraction of sp³-hybridized carbons (Fsp3) is 0.562. The van der Waals surface area contributed by atoms with Crippen molar-refractivity contribution in [2.75, 3.05) is 0 Å². The molecule has 2 bridgehead atoms. The first-order chi connectivity index (χ1) is 9.65. The fourth-order valence-corrected chi connectivity index (χ4v) is 5.06. The molecule has 4 unspecified atom stereocenters. The first-order valence-corrected chi connectivity index (χ1v) is 8.23. The van der Waals surface area contributed by atoms with Crippen molar-refractivity contribution < 1.29 is 9.90 Å². The van der Waals surface area contributed by atoms with Crippen molar-refractivity contribution >= 4 is 21.9 Å². The number of aliphatic carboxylic acids is 1. The fourth-order valence-electron chi connectivity index (χ4n) is 4.66. The van der Waals surface area contributed by atoms with Crippen molar-refractivity contribution in [1.82, 2.24) is 4.90 Å². The van der Waals surface area contributed by atoms with Gasteiger partial charge in [0.25, 0.3) is 0 Å². The van der Waals surface area contributed by atoms with Gasteiger partial charge in [-0.15, -0.1) is 0 Å². The van der Waals surface area contributed by atoms with E-state index in [0.717, 1.165) is 30.2 Å². The average Bonchev–Trinajstić information content (AvgIpc) is 3.08. The standard InChI is InChI=1S/C16H18BrNO2/c17-10-2-4-12-9(7-10)1-5-14(12)18-11-3-6-15(18)13(8-11)16(19)20/h2,4,7,11,13-15H,1,3,5-6,8H2,(H,19,20). The average molecular weight is 336 g/mol. The number of aryl methyl sites for hydroxylation is 1. The summed E-state index contributed by atoms with van der Waals surface area (Å²) in [4.78, 5) is 13.9. The summed E-state index contributed by atoms with van der Waals surface area (Å²) >= 11 is 3.54. The van der Waals surface area contributed by atoms with Crippen LogP contribution in [0.25, 0.3) is 0 Å². The van der Waals surface area contributed by atoms with Gasteiger partial charge in [0.05, 0.1) is 5.92 Å². The third-order valence-electron chi connectivity index (χ3n) is 5.42. The normalized spacial score (nSPS) is 35.5. The zero-order chi connectivity index (χ0) is 13.9. The van der Waals surface area contributed by atoms with Crippen LogP contribution in [0.5, 0.6) is 0 Å². The van der Waals surface area contributed by atoms with Crippen LogP contribution in [0.2, 0.25) is 0 Å². The molecule has 0 saturated carbocycles. The zero-order valence-electron chi connectivity index (χ0n) is 11.3. The molecule has 1 aliphatic carbocycles. The second-order valence-electron chi connectivity index (χ2n) is 6.32. The highest BCUT2D eigenvalue weighted by atomic mass is 79.9. The number of benzene rings is 1. The number of halogens is 1. The third-order valence-corrected chi connectivity index (χ3v) is 5.91. The topological polar surface area (TPSA) is 40.5 Å². The minimum absolute atomic E-state index is 0.145. The predicted octanol–water partition coefficient (Wildman–Crippen LogP) is 3.37. The molecule has 2 aliphatic heterocycles. The Labute approximate surface area is 127 Å². The molecular weight excluding hydrogens is 318 g/mol. The molecule has 1 aromatic rings. The Morgan fingerprint density at radius 1 is 1.30 bits per heavy atom. The number of carbonyl (C=O) groups is 1. The number of rotatable bonds is 2. The van der Waals surface area contributed by atoms with Gasteiger partial charge in [0.15, 0.2) is 0 Å². The van der Waals surface area contributed by atoms with Crippen molar-refractivity contribution in [3.8, 4) is 0 Å². The largest absolute Gasteiger partial charge is 0.481 e. The van der Waals surface area contributed by atoms with E-state index >= 15 is 0 Å². The first kappa shape index (κ1) is 12.8. The van der Waals surface area contributed by atoms with E-state index in [2.05, 4.69) is 39.0 Å². The van der Waals surface area contributed by atoms with Gasteiger partial charge < -0.3 is 5.11 Å². The van der Waals surface area contributed by atoms with Crippen molar-refractivity contribution in [3.05, 3.63) is 33.8 Å². The van der Waals surface area contributed by atoms with E-state index in [9.17, 15) is 9.90 Å². The highest BCUT2D eigenvalue weighted by Crippen LogP contribution is 2.50. The van der Waals surface area contributed by atoms with E-state index in [4.69, 9.17) is 0 Å². The van der Waals surface area contributed by atoms with Crippen molar-refractivity contribution in [2.24, 2.45) is 5.92 Å². The van der Waals surface area contributed by atoms with Crippen LogP contribution in [-0.4, -0.2) is 28.1 Å².